The number of hydrogen-bond acceptors (Lipinski definition) is 5. The number of unbranched alkanes of at least 4 members (excludes halogenated alkanes) is 5. The number of aliphatic hydroxyl groups excluding tert-OH is 1. The molecule has 36 heavy (non-hydrogen) atoms. The van der Waals surface area contributed by atoms with Crippen molar-refractivity contribution in [3.8, 4) is 0 Å². The maximum absolute atomic E-state index is 13.7. The van der Waals surface area contributed by atoms with Crippen molar-refractivity contribution in [1.29, 1.82) is 0 Å². The Kier molecular flexibility index (Phi) is 12.9. The molecule has 0 radical (unpaired) electrons. The average molecular weight is 506 g/mol. The largest absolute Gasteiger partial charge is 0.444 e. The third-order valence-electron chi connectivity index (χ3n) is 5.38. The van der Waals surface area contributed by atoms with Crippen LogP contribution in [0.2, 0.25) is 0 Å². The molecule has 0 aliphatic carbocycles. The summed E-state index contributed by atoms with van der Waals surface area (Å²) >= 11 is 0. The molecule has 0 fully saturated rings. The zero-order valence-electron chi connectivity index (χ0n) is 23.2. The molecule has 0 heterocycles. The molecule has 3 N–H and O–H groups in total. The van der Waals surface area contributed by atoms with Gasteiger partial charge in [-0.25, -0.2) is 4.79 Å². The molecule has 1 rings (SSSR count). The Hall–Kier alpha value is -2.61. The van der Waals surface area contributed by atoms with Gasteiger partial charge in [0.15, 0.2) is 0 Å². The summed E-state index contributed by atoms with van der Waals surface area (Å²) in [5.74, 6) is -0.850. The van der Waals surface area contributed by atoms with Gasteiger partial charge in [0.1, 0.15) is 17.7 Å². The number of alkyl carbamates (subject to hydrolysis) is 1. The van der Waals surface area contributed by atoms with Gasteiger partial charge in [0.2, 0.25) is 11.8 Å². The van der Waals surface area contributed by atoms with E-state index >= 15 is 0 Å². The van der Waals surface area contributed by atoms with E-state index in [9.17, 15) is 19.5 Å². The minimum atomic E-state index is -1.24. The maximum atomic E-state index is 13.7. The standard InChI is InChI=1S/C28H47N3O5/c1-8-9-10-11-12-16-19-31(25(34)22(20-32)29-26(35)36-28(5,6)7)23(21-17-14-13-15-18-21)24(33)30-27(2,3)4/h13-15,17-18,22-23,32H,8-12,16,19-20H2,1-7H3,(H,29,35)(H,30,33). The predicted molar refractivity (Wildman–Crippen MR) is 142 cm³/mol. The molecule has 8 heteroatoms. The van der Waals surface area contributed by atoms with E-state index < -0.39 is 41.8 Å². The average Bonchev–Trinajstić information content (AvgIpc) is 2.76. The summed E-state index contributed by atoms with van der Waals surface area (Å²) in [6, 6.07) is 6.96. The lowest BCUT2D eigenvalue weighted by atomic mass is 10.00. The van der Waals surface area contributed by atoms with E-state index in [2.05, 4.69) is 17.6 Å². The predicted octanol–water partition coefficient (Wildman–Crippen LogP) is 4.72. The summed E-state index contributed by atoms with van der Waals surface area (Å²) in [5.41, 5.74) is -0.609. The molecule has 0 saturated carbocycles. The van der Waals surface area contributed by atoms with Crippen molar-refractivity contribution in [2.45, 2.75) is 110 Å². The fourth-order valence-corrected chi connectivity index (χ4v) is 3.81. The Morgan fingerprint density at radius 1 is 0.944 bits per heavy atom. The van der Waals surface area contributed by atoms with Crippen molar-refractivity contribution < 1.29 is 24.2 Å². The van der Waals surface area contributed by atoms with Gasteiger partial charge in [-0.1, -0.05) is 69.4 Å². The number of carbonyl (C=O) groups excluding carboxylic acids is 3. The van der Waals surface area contributed by atoms with Crippen LogP contribution < -0.4 is 10.6 Å². The Bertz CT molecular complexity index is 815. The number of nitrogens with one attached hydrogen (secondary N) is 2. The van der Waals surface area contributed by atoms with Crippen LogP contribution in [-0.2, 0) is 14.3 Å². The molecule has 2 unspecified atom stereocenters. The third-order valence-corrected chi connectivity index (χ3v) is 5.38. The molecule has 2 atom stereocenters. The summed E-state index contributed by atoms with van der Waals surface area (Å²) in [4.78, 5) is 41.1. The zero-order chi connectivity index (χ0) is 27.4. The first-order chi connectivity index (χ1) is 16.8. The lowest BCUT2D eigenvalue weighted by Gasteiger charge is -2.35. The first kappa shape index (κ1) is 31.4. The molecule has 204 valence electrons. The van der Waals surface area contributed by atoms with Crippen molar-refractivity contribution in [3.05, 3.63) is 35.9 Å². The van der Waals surface area contributed by atoms with Gasteiger partial charge in [0, 0.05) is 12.1 Å². The highest BCUT2D eigenvalue weighted by Crippen LogP contribution is 2.24. The van der Waals surface area contributed by atoms with Crippen LogP contribution in [0.5, 0.6) is 0 Å². The number of rotatable bonds is 13. The van der Waals surface area contributed by atoms with Crippen molar-refractivity contribution in [3.63, 3.8) is 0 Å². The van der Waals surface area contributed by atoms with Crippen LogP contribution in [0.1, 0.15) is 98.6 Å². The highest BCUT2D eigenvalue weighted by Gasteiger charge is 2.36. The van der Waals surface area contributed by atoms with Crippen LogP contribution in [0, 0.1) is 0 Å². The molecule has 8 nitrogen and oxygen atoms in total. The van der Waals surface area contributed by atoms with E-state index in [1.165, 1.54) is 4.90 Å². The molecular formula is C28H47N3O5. The number of nitrogens with zero attached hydrogens (tertiary/aromatic N) is 1. The number of ether oxygens (including phenoxy) is 1. The lowest BCUT2D eigenvalue weighted by Crippen LogP contribution is -2.55. The molecule has 0 aliphatic rings. The fourth-order valence-electron chi connectivity index (χ4n) is 3.81. The normalized spacial score (nSPS) is 13.4. The Morgan fingerprint density at radius 3 is 2.06 bits per heavy atom. The van der Waals surface area contributed by atoms with E-state index in [1.807, 2.05) is 51.1 Å². The van der Waals surface area contributed by atoms with Crippen LogP contribution in [0.3, 0.4) is 0 Å². The van der Waals surface area contributed by atoms with E-state index in [0.29, 0.717) is 18.5 Å². The molecule has 1 aromatic carbocycles. The minimum Gasteiger partial charge on any atom is -0.444 e. The van der Waals surface area contributed by atoms with Gasteiger partial charge < -0.3 is 25.4 Å². The van der Waals surface area contributed by atoms with Crippen molar-refractivity contribution in [2.75, 3.05) is 13.2 Å². The van der Waals surface area contributed by atoms with Crippen molar-refractivity contribution in [2.24, 2.45) is 0 Å². The van der Waals surface area contributed by atoms with Crippen molar-refractivity contribution >= 4 is 17.9 Å². The van der Waals surface area contributed by atoms with Crippen LogP contribution in [-0.4, -0.2) is 58.2 Å². The quantitative estimate of drug-likeness (QED) is 0.336. The first-order valence-electron chi connectivity index (χ1n) is 13.1. The Balaban J connectivity index is 3.28. The van der Waals surface area contributed by atoms with E-state index in [-0.39, 0.29) is 5.91 Å². The molecule has 3 amide bonds. The van der Waals surface area contributed by atoms with Gasteiger partial charge in [-0.15, -0.1) is 0 Å². The lowest BCUT2D eigenvalue weighted by molar-refractivity contribution is -0.144. The number of carbonyl (C=O) groups is 3. The molecule has 0 aliphatic heterocycles. The molecule has 0 bridgehead atoms. The third kappa shape index (κ3) is 11.9. The topological polar surface area (TPSA) is 108 Å². The monoisotopic (exact) mass is 505 g/mol. The first-order valence-corrected chi connectivity index (χ1v) is 13.1. The van der Waals surface area contributed by atoms with E-state index in [1.54, 1.807) is 20.8 Å². The Labute approximate surface area is 217 Å². The number of hydrogen-bond donors (Lipinski definition) is 3. The second-order valence-corrected chi connectivity index (χ2v) is 11.2. The van der Waals surface area contributed by atoms with Gasteiger partial charge in [0.05, 0.1) is 6.61 Å². The number of aliphatic hydroxyl groups is 1. The molecule has 0 spiro atoms. The van der Waals surface area contributed by atoms with Gasteiger partial charge in [0.25, 0.3) is 0 Å². The van der Waals surface area contributed by atoms with Gasteiger partial charge in [-0.3, -0.25) is 9.59 Å². The van der Waals surface area contributed by atoms with Crippen LogP contribution in [0.4, 0.5) is 4.79 Å². The molecule has 1 aromatic rings. The second-order valence-electron chi connectivity index (χ2n) is 11.2. The fraction of sp³-hybridized carbons (Fsp3) is 0.679. The van der Waals surface area contributed by atoms with E-state index in [0.717, 1.165) is 32.1 Å². The van der Waals surface area contributed by atoms with Crippen LogP contribution in [0.25, 0.3) is 0 Å². The van der Waals surface area contributed by atoms with E-state index in [4.69, 9.17) is 4.74 Å². The summed E-state index contributed by atoms with van der Waals surface area (Å²) in [7, 11) is 0. The van der Waals surface area contributed by atoms with Gasteiger partial charge in [-0.2, -0.15) is 0 Å². The van der Waals surface area contributed by atoms with Crippen molar-refractivity contribution in [1.82, 2.24) is 15.5 Å². The second kappa shape index (κ2) is 14.8. The highest BCUT2D eigenvalue weighted by atomic mass is 16.6. The van der Waals surface area contributed by atoms with Crippen LogP contribution >= 0.6 is 0 Å². The Morgan fingerprint density at radius 2 is 1.53 bits per heavy atom. The highest BCUT2D eigenvalue weighted by molar-refractivity contribution is 5.92. The molecule has 0 saturated heterocycles. The zero-order valence-corrected chi connectivity index (χ0v) is 23.2. The summed E-state index contributed by atoms with van der Waals surface area (Å²) in [5, 5.41) is 15.5. The number of benzene rings is 1. The SMILES string of the molecule is CCCCCCCCN(C(=O)C(CO)NC(=O)OC(C)(C)C)C(C(=O)NC(C)(C)C)c1ccccc1. The molecule has 0 aromatic heterocycles. The minimum absolute atomic E-state index is 0.314. The summed E-state index contributed by atoms with van der Waals surface area (Å²) in [6.07, 6.45) is 5.28. The smallest absolute Gasteiger partial charge is 0.408 e. The molecular weight excluding hydrogens is 458 g/mol. The number of amides is 3. The summed E-state index contributed by atoms with van der Waals surface area (Å²) in [6.45, 7) is 12.7. The maximum Gasteiger partial charge on any atom is 0.408 e. The van der Waals surface area contributed by atoms with Gasteiger partial charge >= 0.3 is 6.09 Å². The summed E-state index contributed by atoms with van der Waals surface area (Å²) < 4.78 is 5.28. The van der Waals surface area contributed by atoms with Gasteiger partial charge in [-0.05, 0) is 53.5 Å². The van der Waals surface area contributed by atoms with Crippen LogP contribution in [0.15, 0.2) is 30.3 Å².